The van der Waals surface area contributed by atoms with Crippen molar-refractivity contribution < 1.29 is 9.53 Å². The quantitative estimate of drug-likeness (QED) is 0.706. The summed E-state index contributed by atoms with van der Waals surface area (Å²) in [6.45, 7) is 3.05. The molecule has 3 atom stereocenters. The number of hydrogen-bond acceptors (Lipinski definition) is 3. The number of carbonyl (C=O) groups excluding carboxylic acids is 1. The van der Waals surface area contributed by atoms with Gasteiger partial charge >= 0.3 is 0 Å². The van der Waals surface area contributed by atoms with Crippen LogP contribution in [0, 0.1) is 0 Å². The lowest BCUT2D eigenvalue weighted by atomic mass is 9.99. The zero-order chi connectivity index (χ0) is 9.97. The molecular weight excluding hydrogens is 196 g/mol. The van der Waals surface area contributed by atoms with E-state index in [0.717, 1.165) is 32.3 Å². The fourth-order valence-electron chi connectivity index (χ4n) is 2.24. The van der Waals surface area contributed by atoms with Crippen molar-refractivity contribution in [2.75, 3.05) is 6.61 Å². The molecule has 2 aliphatic rings. The molecule has 80 valence electrons. The van der Waals surface area contributed by atoms with E-state index in [4.69, 9.17) is 4.74 Å². The number of ether oxygens (including phenoxy) is 1. The molecule has 0 aromatic carbocycles. The molecule has 14 heavy (non-hydrogen) atoms. The van der Waals surface area contributed by atoms with E-state index in [0.29, 0.717) is 22.4 Å². The number of Topliss-reactive ketones (excluding diaryl/α,β-unsaturated/α-hetero) is 1. The van der Waals surface area contributed by atoms with Gasteiger partial charge in [0.1, 0.15) is 5.78 Å². The van der Waals surface area contributed by atoms with Crippen molar-refractivity contribution in [2.45, 2.75) is 55.6 Å². The third kappa shape index (κ3) is 2.51. The molecule has 2 fully saturated rings. The molecule has 2 nitrogen and oxygen atoms in total. The molecule has 3 heteroatoms. The van der Waals surface area contributed by atoms with E-state index in [1.54, 1.807) is 0 Å². The SMILES string of the molecule is CC1OCCC1SC1CCCC(=O)C1. The number of hydrogen-bond donors (Lipinski definition) is 0. The van der Waals surface area contributed by atoms with Gasteiger partial charge in [0, 0.05) is 29.9 Å². The zero-order valence-corrected chi connectivity index (χ0v) is 9.52. The van der Waals surface area contributed by atoms with E-state index in [2.05, 4.69) is 6.92 Å². The Labute approximate surface area is 89.8 Å². The Morgan fingerprint density at radius 3 is 2.93 bits per heavy atom. The highest BCUT2D eigenvalue weighted by Gasteiger charge is 2.29. The Hall–Kier alpha value is -0.0200. The third-order valence-electron chi connectivity index (χ3n) is 3.11. The molecule has 1 saturated carbocycles. The summed E-state index contributed by atoms with van der Waals surface area (Å²) in [5.41, 5.74) is 0. The van der Waals surface area contributed by atoms with Gasteiger partial charge < -0.3 is 4.74 Å². The van der Waals surface area contributed by atoms with Crippen molar-refractivity contribution in [3.63, 3.8) is 0 Å². The lowest BCUT2D eigenvalue weighted by Crippen LogP contribution is -2.23. The molecule has 0 bridgehead atoms. The first kappa shape index (κ1) is 10.5. The van der Waals surface area contributed by atoms with E-state index in [1.807, 2.05) is 11.8 Å². The van der Waals surface area contributed by atoms with Crippen LogP contribution in [0.15, 0.2) is 0 Å². The smallest absolute Gasteiger partial charge is 0.134 e. The first-order valence-corrected chi connectivity index (χ1v) is 6.49. The predicted molar refractivity (Wildman–Crippen MR) is 58.7 cm³/mol. The van der Waals surface area contributed by atoms with Crippen LogP contribution in [0.4, 0.5) is 0 Å². The fraction of sp³-hybridized carbons (Fsp3) is 0.909. The van der Waals surface area contributed by atoms with Gasteiger partial charge in [0.2, 0.25) is 0 Å². The van der Waals surface area contributed by atoms with Crippen LogP contribution >= 0.6 is 11.8 Å². The maximum Gasteiger partial charge on any atom is 0.134 e. The summed E-state index contributed by atoms with van der Waals surface area (Å²) in [6, 6.07) is 0. The maximum absolute atomic E-state index is 11.3. The molecule has 0 N–H and O–H groups in total. The van der Waals surface area contributed by atoms with Crippen LogP contribution in [0.1, 0.15) is 39.0 Å². The Balaban J connectivity index is 1.81. The van der Waals surface area contributed by atoms with Gasteiger partial charge in [-0.15, -0.1) is 0 Å². The first-order valence-electron chi connectivity index (χ1n) is 5.54. The molecule has 1 saturated heterocycles. The fourth-order valence-corrected chi connectivity index (χ4v) is 3.85. The second-order valence-electron chi connectivity index (χ2n) is 4.30. The summed E-state index contributed by atoms with van der Waals surface area (Å²) < 4.78 is 5.53. The predicted octanol–water partition coefficient (Wildman–Crippen LogP) is 2.41. The molecule has 0 amide bonds. The highest BCUT2D eigenvalue weighted by Crippen LogP contribution is 2.35. The number of carbonyl (C=O) groups is 1. The number of thioether (sulfide) groups is 1. The molecule has 0 spiro atoms. The minimum absolute atomic E-state index is 0.386. The van der Waals surface area contributed by atoms with Crippen LogP contribution in [0.2, 0.25) is 0 Å². The largest absolute Gasteiger partial charge is 0.377 e. The highest BCUT2D eigenvalue weighted by molar-refractivity contribution is 8.00. The van der Waals surface area contributed by atoms with E-state index in [-0.39, 0.29) is 0 Å². The second-order valence-corrected chi connectivity index (χ2v) is 5.84. The standard InChI is InChI=1S/C11H18O2S/c1-8-11(5-6-13-8)14-10-4-2-3-9(12)7-10/h8,10-11H,2-7H2,1H3. The zero-order valence-electron chi connectivity index (χ0n) is 8.70. The van der Waals surface area contributed by atoms with Gasteiger partial charge in [0.15, 0.2) is 0 Å². The Kier molecular flexibility index (Phi) is 3.50. The average molecular weight is 214 g/mol. The lowest BCUT2D eigenvalue weighted by Gasteiger charge is -2.24. The van der Waals surface area contributed by atoms with Crippen LogP contribution in [0.3, 0.4) is 0 Å². The first-order chi connectivity index (χ1) is 6.75. The summed E-state index contributed by atoms with van der Waals surface area (Å²) in [6.07, 6.45) is 5.48. The summed E-state index contributed by atoms with van der Waals surface area (Å²) in [7, 11) is 0. The third-order valence-corrected chi connectivity index (χ3v) is 4.87. The molecule has 1 heterocycles. The van der Waals surface area contributed by atoms with Crippen LogP contribution in [-0.4, -0.2) is 29.0 Å². The van der Waals surface area contributed by atoms with Gasteiger partial charge in [-0.25, -0.2) is 0 Å². The number of rotatable bonds is 2. The maximum atomic E-state index is 11.3. The van der Waals surface area contributed by atoms with Crippen molar-refractivity contribution in [3.05, 3.63) is 0 Å². The van der Waals surface area contributed by atoms with Crippen molar-refractivity contribution in [3.8, 4) is 0 Å². The minimum Gasteiger partial charge on any atom is -0.377 e. The van der Waals surface area contributed by atoms with Gasteiger partial charge in [0.05, 0.1) is 6.10 Å². The average Bonchev–Trinajstić information content (AvgIpc) is 2.52. The molecule has 0 aromatic rings. The van der Waals surface area contributed by atoms with E-state index in [1.165, 1.54) is 6.42 Å². The molecule has 1 aliphatic heterocycles. The molecule has 1 aliphatic carbocycles. The molecular formula is C11H18O2S. The van der Waals surface area contributed by atoms with Gasteiger partial charge in [-0.3, -0.25) is 4.79 Å². The molecule has 0 radical (unpaired) electrons. The van der Waals surface area contributed by atoms with Crippen molar-refractivity contribution in [1.29, 1.82) is 0 Å². The van der Waals surface area contributed by atoms with Gasteiger partial charge in [-0.1, -0.05) is 0 Å². The van der Waals surface area contributed by atoms with Crippen molar-refractivity contribution in [2.24, 2.45) is 0 Å². The van der Waals surface area contributed by atoms with Gasteiger partial charge in [-0.2, -0.15) is 11.8 Å². The van der Waals surface area contributed by atoms with Crippen LogP contribution in [0.25, 0.3) is 0 Å². The van der Waals surface area contributed by atoms with Gasteiger partial charge in [0.25, 0.3) is 0 Å². The monoisotopic (exact) mass is 214 g/mol. The Morgan fingerprint density at radius 2 is 2.29 bits per heavy atom. The molecule has 3 unspecified atom stereocenters. The Morgan fingerprint density at radius 1 is 1.43 bits per heavy atom. The summed E-state index contributed by atoms with van der Waals surface area (Å²) in [5, 5.41) is 1.20. The second kappa shape index (κ2) is 4.67. The van der Waals surface area contributed by atoms with Crippen LogP contribution < -0.4 is 0 Å². The summed E-state index contributed by atoms with van der Waals surface area (Å²) in [4.78, 5) is 11.3. The lowest BCUT2D eigenvalue weighted by molar-refractivity contribution is -0.120. The van der Waals surface area contributed by atoms with Crippen molar-refractivity contribution >= 4 is 17.5 Å². The topological polar surface area (TPSA) is 26.3 Å². The van der Waals surface area contributed by atoms with E-state index in [9.17, 15) is 4.79 Å². The van der Waals surface area contributed by atoms with Crippen molar-refractivity contribution in [1.82, 2.24) is 0 Å². The normalized spacial score (nSPS) is 38.9. The van der Waals surface area contributed by atoms with Crippen LogP contribution in [0.5, 0.6) is 0 Å². The van der Waals surface area contributed by atoms with E-state index >= 15 is 0 Å². The van der Waals surface area contributed by atoms with E-state index < -0.39 is 0 Å². The van der Waals surface area contributed by atoms with Crippen LogP contribution in [-0.2, 0) is 9.53 Å². The number of ketones is 1. The summed E-state index contributed by atoms with van der Waals surface area (Å²) in [5.74, 6) is 0.459. The Bertz CT molecular complexity index is 217. The highest BCUT2D eigenvalue weighted by atomic mass is 32.2. The minimum atomic E-state index is 0.386. The molecule has 2 rings (SSSR count). The molecule has 0 aromatic heterocycles. The summed E-state index contributed by atoms with van der Waals surface area (Å²) >= 11 is 1.99. The van der Waals surface area contributed by atoms with Gasteiger partial charge in [-0.05, 0) is 26.2 Å².